The largest absolute Gasteiger partial charge is 0.496 e. The molecular formula is C15H11ClN4O4S. The number of H-pyrrole nitrogens is 1. The molecule has 1 N–H and O–H groups in total. The number of rotatable bonds is 6. The second-order valence-electron chi connectivity index (χ2n) is 4.66. The quantitative estimate of drug-likeness (QED) is 0.384. The van der Waals surface area contributed by atoms with Gasteiger partial charge in [0.15, 0.2) is 5.82 Å². The lowest BCUT2D eigenvalue weighted by Crippen LogP contribution is -1.89. The average Bonchev–Trinajstić information content (AvgIpc) is 3.24. The van der Waals surface area contributed by atoms with Crippen LogP contribution in [0.3, 0.4) is 0 Å². The molecule has 3 aromatic rings. The summed E-state index contributed by atoms with van der Waals surface area (Å²) in [5, 5.41) is 20.2. The molecule has 10 heteroatoms. The Morgan fingerprint density at radius 3 is 2.96 bits per heavy atom. The van der Waals surface area contributed by atoms with E-state index in [1.807, 2.05) is 0 Å². The third-order valence-electron chi connectivity index (χ3n) is 3.08. The predicted octanol–water partition coefficient (Wildman–Crippen LogP) is 4.40. The zero-order valence-corrected chi connectivity index (χ0v) is 14.4. The van der Waals surface area contributed by atoms with E-state index in [4.69, 9.17) is 20.8 Å². The maximum absolute atomic E-state index is 10.6. The van der Waals surface area contributed by atoms with Crippen molar-refractivity contribution in [3.63, 3.8) is 0 Å². The van der Waals surface area contributed by atoms with Crippen molar-refractivity contribution in [2.45, 2.75) is 5.16 Å². The molecule has 8 nitrogen and oxygen atoms in total. The van der Waals surface area contributed by atoms with Gasteiger partial charge in [0, 0.05) is 5.02 Å². The van der Waals surface area contributed by atoms with Crippen LogP contribution < -0.4 is 4.74 Å². The number of methoxy groups -OCH3 is 1. The molecule has 0 saturated carbocycles. The summed E-state index contributed by atoms with van der Waals surface area (Å²) in [5.41, 5.74) is 0.694. The van der Waals surface area contributed by atoms with E-state index >= 15 is 0 Å². The van der Waals surface area contributed by atoms with Gasteiger partial charge < -0.3 is 9.15 Å². The molecule has 0 saturated heterocycles. The molecule has 25 heavy (non-hydrogen) atoms. The number of aromatic amines is 1. The fourth-order valence-electron chi connectivity index (χ4n) is 1.98. The van der Waals surface area contributed by atoms with Crippen LogP contribution in [0.4, 0.5) is 5.88 Å². The maximum Gasteiger partial charge on any atom is 0.433 e. The van der Waals surface area contributed by atoms with Gasteiger partial charge >= 0.3 is 5.88 Å². The van der Waals surface area contributed by atoms with Crippen LogP contribution >= 0.6 is 23.4 Å². The first kappa shape index (κ1) is 17.1. The number of halogens is 1. The van der Waals surface area contributed by atoms with Crippen LogP contribution in [0.2, 0.25) is 5.02 Å². The molecule has 0 fully saturated rings. The molecule has 0 radical (unpaired) electrons. The van der Waals surface area contributed by atoms with E-state index in [2.05, 4.69) is 15.2 Å². The smallest absolute Gasteiger partial charge is 0.433 e. The number of hydrogen-bond acceptors (Lipinski definition) is 7. The van der Waals surface area contributed by atoms with Crippen molar-refractivity contribution in [3.05, 3.63) is 56.6 Å². The lowest BCUT2D eigenvalue weighted by Gasteiger charge is -2.05. The number of ether oxygens (including phenoxy) is 1. The number of benzene rings is 1. The number of furan rings is 1. The minimum atomic E-state index is -0.593. The van der Waals surface area contributed by atoms with E-state index in [0.717, 1.165) is 0 Å². The number of nitrogens with one attached hydrogen (secondary N) is 1. The summed E-state index contributed by atoms with van der Waals surface area (Å²) in [4.78, 5) is 14.3. The molecule has 3 rings (SSSR count). The van der Waals surface area contributed by atoms with E-state index in [-0.39, 0.29) is 5.88 Å². The van der Waals surface area contributed by atoms with Crippen LogP contribution in [0.5, 0.6) is 5.75 Å². The third kappa shape index (κ3) is 4.01. The Bertz CT molecular complexity index is 937. The Hall–Kier alpha value is -2.78. The van der Waals surface area contributed by atoms with Crippen LogP contribution in [0.1, 0.15) is 5.76 Å². The van der Waals surface area contributed by atoms with Gasteiger partial charge in [-0.1, -0.05) is 23.4 Å². The highest BCUT2D eigenvalue weighted by atomic mass is 35.5. The van der Waals surface area contributed by atoms with Gasteiger partial charge in [-0.05, 0) is 35.7 Å². The highest BCUT2D eigenvalue weighted by Crippen LogP contribution is 2.31. The summed E-state index contributed by atoms with van der Waals surface area (Å²) >= 11 is 7.24. The Balaban J connectivity index is 1.72. The zero-order chi connectivity index (χ0) is 17.8. The highest BCUT2D eigenvalue weighted by molar-refractivity contribution is 8.02. The van der Waals surface area contributed by atoms with Gasteiger partial charge in [0.05, 0.1) is 18.7 Å². The van der Waals surface area contributed by atoms with Gasteiger partial charge in [-0.3, -0.25) is 15.2 Å². The number of hydrogen-bond donors (Lipinski definition) is 1. The number of nitro groups is 1. The monoisotopic (exact) mass is 378 g/mol. The van der Waals surface area contributed by atoms with E-state index < -0.39 is 4.92 Å². The molecule has 0 unspecified atom stereocenters. The zero-order valence-electron chi connectivity index (χ0n) is 12.8. The van der Waals surface area contributed by atoms with Gasteiger partial charge in [-0.25, -0.2) is 4.98 Å². The molecule has 0 aliphatic carbocycles. The van der Waals surface area contributed by atoms with Crippen LogP contribution in [0.15, 0.2) is 45.3 Å². The standard InChI is InChI=1S/C15H11ClN4O4S/c1-23-12-4-2-9(16)8-11(12)14-17-15(19-18-14)25-7-6-10-3-5-13(24-10)20(21)22/h2-8H,1H3,(H,17,18,19)/b7-6+. The van der Waals surface area contributed by atoms with Crippen molar-refractivity contribution >= 4 is 35.3 Å². The van der Waals surface area contributed by atoms with Gasteiger partial charge in [0.2, 0.25) is 5.16 Å². The first-order chi connectivity index (χ1) is 12.1. The van der Waals surface area contributed by atoms with Crippen molar-refractivity contribution in [3.8, 4) is 17.1 Å². The van der Waals surface area contributed by atoms with Crippen LogP contribution in [-0.2, 0) is 0 Å². The van der Waals surface area contributed by atoms with Gasteiger partial charge in [0.1, 0.15) is 16.4 Å². The number of nitrogens with zero attached hydrogens (tertiary/aromatic N) is 3. The van der Waals surface area contributed by atoms with Crippen LogP contribution in [-0.4, -0.2) is 27.2 Å². The second-order valence-corrected chi connectivity index (χ2v) is 5.97. The number of aromatic nitrogens is 3. The fraction of sp³-hybridized carbons (Fsp3) is 0.0667. The molecule has 128 valence electrons. The Morgan fingerprint density at radius 1 is 1.40 bits per heavy atom. The molecule has 1 aromatic carbocycles. The van der Waals surface area contributed by atoms with Crippen LogP contribution in [0.25, 0.3) is 17.5 Å². The van der Waals surface area contributed by atoms with E-state index in [1.54, 1.807) is 36.8 Å². The summed E-state index contributed by atoms with van der Waals surface area (Å²) in [6, 6.07) is 8.00. The van der Waals surface area contributed by atoms with Crippen molar-refractivity contribution in [2.75, 3.05) is 7.11 Å². The normalized spacial score (nSPS) is 11.1. The summed E-state index contributed by atoms with van der Waals surface area (Å²) in [5.74, 6) is 1.20. The van der Waals surface area contributed by atoms with Crippen molar-refractivity contribution < 1.29 is 14.1 Å². The van der Waals surface area contributed by atoms with Gasteiger partial charge in [-0.15, -0.1) is 5.10 Å². The summed E-state index contributed by atoms with van der Waals surface area (Å²) in [6.45, 7) is 0. The van der Waals surface area contributed by atoms with Crippen molar-refractivity contribution in [1.29, 1.82) is 0 Å². The van der Waals surface area contributed by atoms with Crippen molar-refractivity contribution in [1.82, 2.24) is 15.2 Å². The van der Waals surface area contributed by atoms with Crippen LogP contribution in [0, 0.1) is 10.1 Å². The van der Waals surface area contributed by atoms with Gasteiger partial charge in [-0.2, -0.15) is 0 Å². The van der Waals surface area contributed by atoms with Gasteiger partial charge in [0.25, 0.3) is 0 Å². The Labute approximate surface area is 151 Å². The average molecular weight is 379 g/mol. The molecule has 0 aliphatic rings. The molecule has 2 aromatic heterocycles. The summed E-state index contributed by atoms with van der Waals surface area (Å²) in [7, 11) is 1.56. The molecule has 0 spiro atoms. The van der Waals surface area contributed by atoms with Crippen molar-refractivity contribution in [2.24, 2.45) is 0 Å². The molecule has 0 amide bonds. The second kappa shape index (κ2) is 7.41. The first-order valence-electron chi connectivity index (χ1n) is 6.90. The molecule has 2 heterocycles. The topological polar surface area (TPSA) is 107 Å². The number of thioether (sulfide) groups is 1. The Morgan fingerprint density at radius 2 is 2.24 bits per heavy atom. The molecule has 0 aliphatic heterocycles. The molecule has 0 atom stereocenters. The summed E-state index contributed by atoms with van der Waals surface area (Å²) < 4.78 is 10.3. The lowest BCUT2D eigenvalue weighted by molar-refractivity contribution is -0.402. The fourth-order valence-corrected chi connectivity index (χ4v) is 2.72. The predicted molar refractivity (Wildman–Crippen MR) is 93.6 cm³/mol. The van der Waals surface area contributed by atoms with E-state index in [0.29, 0.717) is 33.1 Å². The third-order valence-corrected chi connectivity index (χ3v) is 3.98. The SMILES string of the molecule is COc1ccc(Cl)cc1-c1nc(S/C=C/c2ccc([N+](=O)[O-])o2)n[nH]1. The molecular weight excluding hydrogens is 368 g/mol. The first-order valence-corrected chi connectivity index (χ1v) is 8.16. The molecule has 0 bridgehead atoms. The highest BCUT2D eigenvalue weighted by Gasteiger charge is 2.12. The van der Waals surface area contributed by atoms with E-state index in [9.17, 15) is 10.1 Å². The summed E-state index contributed by atoms with van der Waals surface area (Å²) in [6.07, 6.45) is 1.59. The maximum atomic E-state index is 10.6. The minimum Gasteiger partial charge on any atom is -0.496 e. The van der Waals surface area contributed by atoms with E-state index in [1.165, 1.54) is 23.9 Å². The Kier molecular flexibility index (Phi) is 5.05. The minimum absolute atomic E-state index is 0.308. The lowest BCUT2D eigenvalue weighted by atomic mass is 10.2.